The van der Waals surface area contributed by atoms with Crippen molar-refractivity contribution in [2.45, 2.75) is 18.8 Å². The Morgan fingerprint density at radius 3 is 2.78 bits per heavy atom. The Morgan fingerprint density at radius 2 is 2.22 bits per heavy atom. The van der Waals surface area contributed by atoms with Crippen molar-refractivity contribution in [2.75, 3.05) is 27.2 Å². The number of halogens is 2. The third-order valence-electron chi connectivity index (χ3n) is 2.71. The summed E-state index contributed by atoms with van der Waals surface area (Å²) in [6.07, 6.45) is 2.47. The van der Waals surface area contributed by atoms with Gasteiger partial charge in [-0.1, -0.05) is 0 Å². The van der Waals surface area contributed by atoms with Crippen LogP contribution in [0.2, 0.25) is 0 Å². The molecule has 1 aliphatic carbocycles. The maximum atomic E-state index is 11.9. The van der Waals surface area contributed by atoms with E-state index in [0.29, 0.717) is 18.2 Å². The third kappa shape index (κ3) is 4.39. The Kier molecular flexibility index (Phi) is 7.78. The lowest BCUT2D eigenvalue weighted by molar-refractivity contribution is 0.0791. The summed E-state index contributed by atoms with van der Waals surface area (Å²) < 4.78 is 0. The third-order valence-corrected chi connectivity index (χ3v) is 3.72. The highest BCUT2D eigenvalue weighted by Gasteiger charge is 2.27. The van der Waals surface area contributed by atoms with Crippen molar-refractivity contribution in [3.05, 3.63) is 16.1 Å². The summed E-state index contributed by atoms with van der Waals surface area (Å²) in [7, 11) is 3.70. The van der Waals surface area contributed by atoms with E-state index in [9.17, 15) is 4.79 Å². The number of aromatic nitrogens is 1. The van der Waals surface area contributed by atoms with Crippen LogP contribution in [0.3, 0.4) is 0 Å². The molecule has 1 amide bonds. The number of carbonyl (C=O) groups excluding carboxylic acids is 1. The molecule has 0 aliphatic heterocycles. The molecule has 1 aromatic rings. The molecule has 1 aliphatic rings. The van der Waals surface area contributed by atoms with Crippen LogP contribution >= 0.6 is 36.2 Å². The van der Waals surface area contributed by atoms with Gasteiger partial charge < -0.3 is 10.2 Å². The number of likely N-dealkylation sites (N-methyl/N-ethyl adjacent to an activating group) is 2. The molecule has 0 radical (unpaired) electrons. The summed E-state index contributed by atoms with van der Waals surface area (Å²) in [5.41, 5.74) is 0.602. The van der Waals surface area contributed by atoms with Gasteiger partial charge in [-0.25, -0.2) is 4.98 Å². The number of rotatable bonds is 5. The van der Waals surface area contributed by atoms with Crippen LogP contribution in [0, 0.1) is 0 Å². The van der Waals surface area contributed by atoms with Gasteiger partial charge in [0.1, 0.15) is 5.69 Å². The van der Waals surface area contributed by atoms with Crippen LogP contribution in [-0.2, 0) is 0 Å². The average molecular weight is 312 g/mol. The smallest absolute Gasteiger partial charge is 0.273 e. The normalized spacial score (nSPS) is 13.4. The highest BCUT2D eigenvalue weighted by atomic mass is 35.5. The van der Waals surface area contributed by atoms with E-state index in [1.54, 1.807) is 16.2 Å². The van der Waals surface area contributed by atoms with E-state index < -0.39 is 0 Å². The van der Waals surface area contributed by atoms with Crippen molar-refractivity contribution in [3.8, 4) is 0 Å². The van der Waals surface area contributed by atoms with Gasteiger partial charge in [-0.05, 0) is 19.9 Å². The lowest BCUT2D eigenvalue weighted by Gasteiger charge is -2.15. The SMILES string of the molecule is CNCCN(C)C(=O)c1csc(C2CC2)n1.Cl.Cl. The van der Waals surface area contributed by atoms with Gasteiger partial charge in [-0.15, -0.1) is 36.2 Å². The molecule has 1 N–H and O–H groups in total. The zero-order valence-electron chi connectivity index (χ0n) is 10.5. The van der Waals surface area contributed by atoms with Gasteiger partial charge in [0, 0.05) is 31.4 Å². The number of nitrogens with zero attached hydrogens (tertiary/aromatic N) is 2. The molecule has 0 spiro atoms. The van der Waals surface area contributed by atoms with Gasteiger partial charge in [-0.2, -0.15) is 0 Å². The van der Waals surface area contributed by atoms with Crippen molar-refractivity contribution in [2.24, 2.45) is 0 Å². The molecule has 4 nitrogen and oxygen atoms in total. The lowest BCUT2D eigenvalue weighted by atomic mass is 10.4. The van der Waals surface area contributed by atoms with E-state index in [1.165, 1.54) is 12.8 Å². The van der Waals surface area contributed by atoms with Crippen LogP contribution < -0.4 is 5.32 Å². The van der Waals surface area contributed by atoms with Crippen LogP contribution in [-0.4, -0.2) is 43.0 Å². The first kappa shape index (κ1) is 17.6. The number of hydrogen-bond acceptors (Lipinski definition) is 4. The highest BCUT2D eigenvalue weighted by molar-refractivity contribution is 7.10. The second kappa shape index (κ2) is 7.94. The first-order chi connectivity index (χ1) is 7.72. The molecule has 0 unspecified atom stereocenters. The minimum atomic E-state index is 0. The van der Waals surface area contributed by atoms with Crippen LogP contribution in [0.5, 0.6) is 0 Å². The van der Waals surface area contributed by atoms with E-state index in [2.05, 4.69) is 10.3 Å². The molecule has 0 aromatic carbocycles. The Morgan fingerprint density at radius 1 is 1.56 bits per heavy atom. The molecule has 104 valence electrons. The number of amides is 1. The van der Waals surface area contributed by atoms with E-state index in [4.69, 9.17) is 0 Å². The minimum Gasteiger partial charge on any atom is -0.339 e. The molecule has 2 rings (SSSR count). The zero-order chi connectivity index (χ0) is 11.5. The number of hydrogen-bond donors (Lipinski definition) is 1. The molecule has 1 saturated carbocycles. The monoisotopic (exact) mass is 311 g/mol. The van der Waals surface area contributed by atoms with Crippen LogP contribution in [0.15, 0.2) is 5.38 Å². The highest BCUT2D eigenvalue weighted by Crippen LogP contribution is 2.41. The topological polar surface area (TPSA) is 45.2 Å². The van der Waals surface area contributed by atoms with Gasteiger partial charge in [0.15, 0.2) is 0 Å². The van der Waals surface area contributed by atoms with Crippen molar-refractivity contribution in [1.29, 1.82) is 0 Å². The molecule has 1 heterocycles. The van der Waals surface area contributed by atoms with Gasteiger partial charge in [0.2, 0.25) is 0 Å². The van der Waals surface area contributed by atoms with Crippen molar-refractivity contribution >= 4 is 42.1 Å². The predicted octanol–water partition coefficient (Wildman–Crippen LogP) is 2.16. The number of thiazole rings is 1. The second-order valence-electron chi connectivity index (χ2n) is 4.18. The summed E-state index contributed by atoms with van der Waals surface area (Å²) in [6, 6.07) is 0. The first-order valence-electron chi connectivity index (χ1n) is 5.58. The van der Waals surface area contributed by atoms with Gasteiger partial charge in [0.05, 0.1) is 5.01 Å². The fourth-order valence-electron chi connectivity index (χ4n) is 1.48. The molecular formula is C11H19Cl2N3OS. The fraction of sp³-hybridized carbons (Fsp3) is 0.636. The Labute approximate surface area is 124 Å². The molecule has 0 bridgehead atoms. The molecule has 0 saturated heterocycles. The summed E-state index contributed by atoms with van der Waals surface area (Å²) in [4.78, 5) is 18.1. The van der Waals surface area contributed by atoms with Gasteiger partial charge >= 0.3 is 0 Å². The first-order valence-corrected chi connectivity index (χ1v) is 6.46. The molecule has 7 heteroatoms. The van der Waals surface area contributed by atoms with Crippen LogP contribution in [0.25, 0.3) is 0 Å². The maximum Gasteiger partial charge on any atom is 0.273 e. The maximum absolute atomic E-state index is 11.9. The quantitative estimate of drug-likeness (QED) is 0.906. The molecular weight excluding hydrogens is 293 g/mol. The van der Waals surface area contributed by atoms with E-state index >= 15 is 0 Å². The standard InChI is InChI=1S/C11H17N3OS.2ClH/c1-12-5-6-14(2)11(15)9-7-16-10(13-9)8-3-4-8;;/h7-8,12H,3-6H2,1-2H3;2*1H. The fourth-order valence-corrected chi connectivity index (χ4v) is 2.45. The molecule has 18 heavy (non-hydrogen) atoms. The molecule has 1 fully saturated rings. The average Bonchev–Trinajstić information content (AvgIpc) is 3.03. The summed E-state index contributed by atoms with van der Waals surface area (Å²) in [5, 5.41) is 6.04. The number of nitrogens with one attached hydrogen (secondary N) is 1. The van der Waals surface area contributed by atoms with Gasteiger partial charge in [0.25, 0.3) is 5.91 Å². The van der Waals surface area contributed by atoms with Gasteiger partial charge in [-0.3, -0.25) is 4.79 Å². The Balaban J connectivity index is 0.00000144. The van der Waals surface area contributed by atoms with E-state index in [-0.39, 0.29) is 30.7 Å². The van der Waals surface area contributed by atoms with Crippen LogP contribution in [0.4, 0.5) is 0 Å². The van der Waals surface area contributed by atoms with Crippen molar-refractivity contribution in [3.63, 3.8) is 0 Å². The van der Waals surface area contributed by atoms with Crippen molar-refractivity contribution < 1.29 is 4.79 Å². The Bertz CT molecular complexity index is 382. The van der Waals surface area contributed by atoms with E-state index in [0.717, 1.165) is 11.6 Å². The largest absolute Gasteiger partial charge is 0.339 e. The summed E-state index contributed by atoms with van der Waals surface area (Å²) in [6.45, 7) is 1.52. The number of carbonyl (C=O) groups is 1. The zero-order valence-corrected chi connectivity index (χ0v) is 13.0. The predicted molar refractivity (Wildman–Crippen MR) is 79.5 cm³/mol. The minimum absolute atomic E-state index is 0. The Hall–Kier alpha value is -0.360. The lowest BCUT2D eigenvalue weighted by Crippen LogP contribution is -2.32. The van der Waals surface area contributed by atoms with Crippen molar-refractivity contribution in [1.82, 2.24) is 15.2 Å². The summed E-state index contributed by atoms with van der Waals surface area (Å²) in [5.74, 6) is 0.660. The molecule has 1 aromatic heterocycles. The van der Waals surface area contributed by atoms with Crippen LogP contribution in [0.1, 0.15) is 34.3 Å². The second-order valence-corrected chi connectivity index (χ2v) is 5.07. The van der Waals surface area contributed by atoms with E-state index in [1.807, 2.05) is 19.5 Å². The summed E-state index contributed by atoms with van der Waals surface area (Å²) >= 11 is 1.62. The molecule has 0 atom stereocenters.